The lowest BCUT2D eigenvalue weighted by atomic mass is 10.0. The molecule has 0 aliphatic heterocycles. The number of aromatic hydroxyl groups is 1. The molecule has 5 heteroatoms. The Kier molecular flexibility index (Phi) is 6.23. The number of allylic oxidation sites excluding steroid dienone is 2. The van der Waals surface area contributed by atoms with E-state index in [2.05, 4.69) is 35.7 Å². The summed E-state index contributed by atoms with van der Waals surface area (Å²) in [5.74, 6) is -0.271. The Morgan fingerprint density at radius 3 is 2.48 bits per heavy atom. The highest BCUT2D eigenvalue weighted by molar-refractivity contribution is 7.98. The minimum Gasteiger partial charge on any atom is -0.508 e. The van der Waals surface area contributed by atoms with E-state index in [0.29, 0.717) is 6.54 Å². The van der Waals surface area contributed by atoms with Gasteiger partial charge in [-0.25, -0.2) is 4.39 Å². The van der Waals surface area contributed by atoms with E-state index in [0.717, 1.165) is 33.4 Å². The zero-order valence-electron chi connectivity index (χ0n) is 17.1. The molecule has 0 atom stereocenters. The van der Waals surface area contributed by atoms with Gasteiger partial charge in [-0.1, -0.05) is 30.3 Å². The molecule has 0 radical (unpaired) electrons. The van der Waals surface area contributed by atoms with Gasteiger partial charge in [0.2, 0.25) is 5.91 Å². The molecule has 0 bridgehead atoms. The molecule has 0 spiro atoms. The van der Waals surface area contributed by atoms with E-state index in [1.54, 1.807) is 42.1 Å². The molecule has 0 aromatic heterocycles. The third-order valence-electron chi connectivity index (χ3n) is 5.18. The molecule has 4 rings (SSSR count). The molecular weight excluding hydrogens is 409 g/mol. The fourth-order valence-corrected chi connectivity index (χ4v) is 3.98. The number of hydrogen-bond donors (Lipinski definition) is 2. The number of halogens is 1. The first-order valence-electron chi connectivity index (χ1n) is 9.93. The quantitative estimate of drug-likeness (QED) is 0.478. The monoisotopic (exact) mass is 431 g/mol. The van der Waals surface area contributed by atoms with Crippen molar-refractivity contribution in [2.45, 2.75) is 17.9 Å². The maximum absolute atomic E-state index is 13.9. The smallest absolute Gasteiger partial charge is 0.224 e. The molecule has 0 unspecified atom stereocenters. The summed E-state index contributed by atoms with van der Waals surface area (Å²) in [7, 11) is 0. The van der Waals surface area contributed by atoms with E-state index >= 15 is 0 Å². The molecular formula is C26H22FNO2S. The number of fused-ring (bicyclic) bond motifs is 1. The van der Waals surface area contributed by atoms with Crippen molar-refractivity contribution < 1.29 is 14.3 Å². The van der Waals surface area contributed by atoms with Gasteiger partial charge in [-0.15, -0.1) is 11.8 Å². The number of thioether (sulfide) groups is 1. The minimum atomic E-state index is -0.320. The van der Waals surface area contributed by atoms with Crippen molar-refractivity contribution in [1.29, 1.82) is 0 Å². The van der Waals surface area contributed by atoms with Crippen molar-refractivity contribution in [3.63, 3.8) is 0 Å². The summed E-state index contributed by atoms with van der Waals surface area (Å²) in [5.41, 5.74) is 5.39. The third kappa shape index (κ3) is 5.06. The van der Waals surface area contributed by atoms with E-state index < -0.39 is 0 Å². The van der Waals surface area contributed by atoms with Crippen LogP contribution in [0.2, 0.25) is 0 Å². The summed E-state index contributed by atoms with van der Waals surface area (Å²) < 4.78 is 13.9. The van der Waals surface area contributed by atoms with Gasteiger partial charge in [0.25, 0.3) is 0 Å². The SMILES string of the molecule is CSc1ccc(/C=C2\C=C(CC(=O)NCc3ccc(O)cc3)c3cc(F)ccc32)cc1. The summed E-state index contributed by atoms with van der Waals surface area (Å²) in [6.07, 6.45) is 6.23. The lowest BCUT2D eigenvalue weighted by molar-refractivity contribution is -0.120. The fourth-order valence-electron chi connectivity index (χ4n) is 3.57. The van der Waals surface area contributed by atoms with Crippen molar-refractivity contribution in [2.24, 2.45) is 0 Å². The summed E-state index contributed by atoms with van der Waals surface area (Å²) in [4.78, 5) is 13.7. The number of phenols is 1. The normalized spacial score (nSPS) is 13.7. The van der Waals surface area contributed by atoms with E-state index in [9.17, 15) is 14.3 Å². The standard InChI is InChI=1S/C26H22FNO2S/c1-31-23-9-4-17(5-10-23)12-19-13-20(25-15-21(27)6-11-24(19)25)14-26(30)28-16-18-2-7-22(29)8-3-18/h2-13,15,29H,14,16H2,1H3,(H,28,30)/b19-12+. The van der Waals surface area contributed by atoms with Crippen LogP contribution in [-0.2, 0) is 11.3 Å². The summed E-state index contributed by atoms with van der Waals surface area (Å²) in [6.45, 7) is 0.368. The Bertz CT molecular complexity index is 1170. The number of rotatable bonds is 6. The second-order valence-corrected chi connectivity index (χ2v) is 8.23. The lowest BCUT2D eigenvalue weighted by Gasteiger charge is -2.08. The Hall–Kier alpha value is -3.31. The van der Waals surface area contributed by atoms with Crippen LogP contribution < -0.4 is 5.32 Å². The molecule has 0 fully saturated rings. The summed E-state index contributed by atoms with van der Waals surface area (Å²) >= 11 is 1.69. The average molecular weight is 432 g/mol. The highest BCUT2D eigenvalue weighted by atomic mass is 32.2. The maximum Gasteiger partial charge on any atom is 0.224 e. The Labute approximate surface area is 185 Å². The predicted octanol–water partition coefficient (Wildman–Crippen LogP) is 5.90. The molecule has 156 valence electrons. The van der Waals surface area contributed by atoms with Gasteiger partial charge in [0.15, 0.2) is 0 Å². The summed E-state index contributed by atoms with van der Waals surface area (Å²) in [6, 6.07) is 19.7. The van der Waals surface area contributed by atoms with Crippen LogP contribution in [0.5, 0.6) is 5.75 Å². The van der Waals surface area contributed by atoms with Crippen LogP contribution in [0, 0.1) is 5.82 Å². The van der Waals surface area contributed by atoms with E-state index in [1.807, 2.05) is 12.3 Å². The van der Waals surface area contributed by atoms with Gasteiger partial charge in [0, 0.05) is 11.4 Å². The lowest BCUT2D eigenvalue weighted by Crippen LogP contribution is -2.22. The van der Waals surface area contributed by atoms with Crippen LogP contribution in [0.15, 0.2) is 77.7 Å². The molecule has 0 saturated carbocycles. The zero-order valence-corrected chi connectivity index (χ0v) is 17.9. The first kappa shape index (κ1) is 20.9. The molecule has 1 aliphatic rings. The first-order chi connectivity index (χ1) is 15.0. The Morgan fingerprint density at radius 1 is 1.03 bits per heavy atom. The topological polar surface area (TPSA) is 49.3 Å². The van der Waals surface area contributed by atoms with Gasteiger partial charge in [-0.05, 0) is 88.2 Å². The molecule has 3 aromatic rings. The predicted molar refractivity (Wildman–Crippen MR) is 125 cm³/mol. The molecule has 3 aromatic carbocycles. The van der Waals surface area contributed by atoms with Crippen LogP contribution in [0.1, 0.15) is 28.7 Å². The number of benzene rings is 3. The molecule has 2 N–H and O–H groups in total. The Morgan fingerprint density at radius 2 is 1.77 bits per heavy atom. The molecule has 3 nitrogen and oxygen atoms in total. The highest BCUT2D eigenvalue weighted by Gasteiger charge is 2.21. The van der Waals surface area contributed by atoms with Crippen LogP contribution in [-0.4, -0.2) is 17.3 Å². The van der Waals surface area contributed by atoms with Crippen molar-refractivity contribution in [2.75, 3.05) is 6.26 Å². The third-order valence-corrected chi connectivity index (χ3v) is 5.93. The molecule has 0 saturated heterocycles. The molecule has 31 heavy (non-hydrogen) atoms. The van der Waals surface area contributed by atoms with Gasteiger partial charge >= 0.3 is 0 Å². The van der Waals surface area contributed by atoms with E-state index in [4.69, 9.17) is 0 Å². The van der Waals surface area contributed by atoms with Crippen molar-refractivity contribution in [1.82, 2.24) is 5.32 Å². The van der Waals surface area contributed by atoms with E-state index in [1.165, 1.54) is 17.0 Å². The summed E-state index contributed by atoms with van der Waals surface area (Å²) in [5, 5.41) is 12.3. The number of nitrogens with one attached hydrogen (secondary N) is 1. The van der Waals surface area contributed by atoms with Crippen LogP contribution in [0.4, 0.5) is 4.39 Å². The largest absolute Gasteiger partial charge is 0.508 e. The number of phenolic OH excluding ortho intramolecular Hbond substituents is 1. The second-order valence-electron chi connectivity index (χ2n) is 7.35. The first-order valence-corrected chi connectivity index (χ1v) is 11.2. The van der Waals surface area contributed by atoms with Crippen molar-refractivity contribution >= 4 is 34.9 Å². The zero-order chi connectivity index (χ0) is 21.8. The maximum atomic E-state index is 13.9. The van der Waals surface area contributed by atoms with Crippen LogP contribution in [0.3, 0.4) is 0 Å². The van der Waals surface area contributed by atoms with Gasteiger partial charge in [-0.3, -0.25) is 4.79 Å². The molecule has 1 amide bonds. The fraction of sp³-hybridized carbons (Fsp3) is 0.115. The average Bonchev–Trinajstić information content (AvgIpc) is 3.10. The second kappa shape index (κ2) is 9.23. The van der Waals surface area contributed by atoms with Crippen molar-refractivity contribution in [3.8, 4) is 5.75 Å². The molecule has 1 aliphatic carbocycles. The minimum absolute atomic E-state index is 0.139. The van der Waals surface area contributed by atoms with Gasteiger partial charge in [0.1, 0.15) is 11.6 Å². The van der Waals surface area contributed by atoms with Gasteiger partial charge in [-0.2, -0.15) is 0 Å². The number of carbonyl (C=O) groups is 1. The number of carbonyl (C=O) groups excluding carboxylic acids is 1. The van der Waals surface area contributed by atoms with Gasteiger partial charge in [0.05, 0.1) is 6.42 Å². The van der Waals surface area contributed by atoms with Crippen LogP contribution in [0.25, 0.3) is 17.2 Å². The highest BCUT2D eigenvalue weighted by Crippen LogP contribution is 2.38. The Balaban J connectivity index is 1.53. The van der Waals surface area contributed by atoms with Crippen LogP contribution >= 0.6 is 11.8 Å². The van der Waals surface area contributed by atoms with Crippen molar-refractivity contribution in [3.05, 3.63) is 101 Å². The number of hydrogen-bond acceptors (Lipinski definition) is 3. The van der Waals surface area contributed by atoms with Gasteiger partial charge < -0.3 is 10.4 Å². The molecule has 0 heterocycles. The van der Waals surface area contributed by atoms with E-state index in [-0.39, 0.29) is 23.9 Å². The number of amides is 1.